The van der Waals surface area contributed by atoms with E-state index >= 15 is 0 Å². The van der Waals surface area contributed by atoms with Gasteiger partial charge in [0.05, 0.1) is 0 Å². The van der Waals surface area contributed by atoms with Crippen molar-refractivity contribution in [2.75, 3.05) is 0 Å². The summed E-state index contributed by atoms with van der Waals surface area (Å²) in [6.07, 6.45) is -11.2. The van der Waals surface area contributed by atoms with Gasteiger partial charge in [0.2, 0.25) is 0 Å². The Balaban J connectivity index is 7.14. The first-order valence-corrected chi connectivity index (χ1v) is 40.9. The van der Waals surface area contributed by atoms with E-state index < -0.39 is 108 Å². The SMILES string of the molecule is C[Si](C)(C)[N]([Si](C)(C)C)[Sn]([I])([CH2]CCC(F)(F)C(F)(F)C(F)(F)C(F)(F)C(F)(F)C(F)(F)C(F)(F)C(F)(F)F)[N]([Si](C)(C)C)[Si](C)(C)C. The van der Waals surface area contributed by atoms with Crippen LogP contribution in [0.15, 0.2) is 0 Å². The first-order chi connectivity index (χ1) is 20.2. The van der Waals surface area contributed by atoms with Gasteiger partial charge < -0.3 is 0 Å². The topological polar surface area (TPSA) is 6.48 Å². The number of nitrogens with zero attached hydrogens (tertiary/aromatic N) is 2. The van der Waals surface area contributed by atoms with Crippen LogP contribution >= 0.6 is 18.6 Å². The van der Waals surface area contributed by atoms with Crippen LogP contribution in [0.5, 0.6) is 0 Å². The van der Waals surface area contributed by atoms with Crippen LogP contribution in [0.1, 0.15) is 12.8 Å². The molecule has 0 saturated heterocycles. The van der Waals surface area contributed by atoms with Crippen molar-refractivity contribution in [3.63, 3.8) is 0 Å². The van der Waals surface area contributed by atoms with Crippen molar-refractivity contribution in [2.24, 2.45) is 0 Å². The van der Waals surface area contributed by atoms with Gasteiger partial charge in [0.25, 0.3) is 0 Å². The summed E-state index contributed by atoms with van der Waals surface area (Å²) in [4.78, 5) is 0. The van der Waals surface area contributed by atoms with E-state index in [9.17, 15) is 74.6 Å². The fourth-order valence-electron chi connectivity index (χ4n) is 6.28. The molecule has 0 aromatic carbocycles. The molecule has 0 rings (SSSR count). The van der Waals surface area contributed by atoms with Crippen LogP contribution in [0.4, 0.5) is 74.6 Å². The van der Waals surface area contributed by atoms with Crippen molar-refractivity contribution in [3.05, 3.63) is 0 Å². The van der Waals surface area contributed by atoms with Gasteiger partial charge in [-0.1, -0.05) is 0 Å². The Morgan fingerprint density at radius 3 is 0.875 bits per heavy atom. The monoisotopic (exact) mass is 1030 g/mol. The van der Waals surface area contributed by atoms with Gasteiger partial charge >= 0.3 is 290 Å². The zero-order valence-corrected chi connectivity index (χ0v) is 37.3. The first kappa shape index (κ1) is 49.1. The minimum atomic E-state index is -8.61. The van der Waals surface area contributed by atoms with Crippen molar-refractivity contribution >= 4 is 66.5 Å². The second-order valence-electron chi connectivity index (χ2n) is 15.6. The maximum atomic E-state index is 15.0. The average Bonchev–Trinajstić information content (AvgIpc) is 2.72. The van der Waals surface area contributed by atoms with Crippen LogP contribution in [-0.4, -0.2) is 100 Å². The quantitative estimate of drug-likeness (QED) is 0.0864. The molecule has 0 saturated carbocycles. The molecule has 0 spiro atoms. The van der Waals surface area contributed by atoms with Gasteiger partial charge in [0.1, 0.15) is 0 Å². The van der Waals surface area contributed by atoms with E-state index in [2.05, 4.69) is 23.5 Å². The van der Waals surface area contributed by atoms with Crippen molar-refractivity contribution in [1.29, 1.82) is 0 Å². The molecule has 25 heteroatoms. The van der Waals surface area contributed by atoms with Gasteiger partial charge in [0.15, 0.2) is 0 Å². The van der Waals surface area contributed by atoms with Crippen molar-refractivity contribution in [2.45, 2.75) is 143 Å². The standard InChI is InChI=1S/C11H6F17.2C6H18NSi2.HI.Sn/c1-2-3-4(12,13)5(14,15)6(16,17)7(18,19)8(20,21)9(22,23)10(24,25)11(26,27)28;2*1-8(2,3)7-9(4,5)6;;/h1-3H2;2*1-6H3;1H;/q;2*-1;;+3/p-1. The van der Waals surface area contributed by atoms with Gasteiger partial charge in [-0.05, 0) is 0 Å². The molecule has 0 heterocycles. The van der Waals surface area contributed by atoms with E-state index in [1.54, 1.807) is 0 Å². The van der Waals surface area contributed by atoms with Crippen LogP contribution in [0, 0.1) is 0 Å². The summed E-state index contributed by atoms with van der Waals surface area (Å²) in [6, 6.07) is 0. The van der Waals surface area contributed by atoms with Gasteiger partial charge in [-0.15, -0.1) is 0 Å². The fraction of sp³-hybridized carbons (Fsp3) is 1.00. The number of alkyl halides is 17. The second kappa shape index (κ2) is 13.8. The third-order valence-electron chi connectivity index (χ3n) is 7.14. The summed E-state index contributed by atoms with van der Waals surface area (Å²) in [5.74, 6) is -56.1. The molecule has 0 aliphatic carbocycles. The van der Waals surface area contributed by atoms with E-state index in [1.807, 2.05) is 78.6 Å². The molecule has 0 amide bonds. The number of rotatable bonds is 16. The summed E-state index contributed by atoms with van der Waals surface area (Å²) in [5, 5.41) is 0. The summed E-state index contributed by atoms with van der Waals surface area (Å²) in [5.41, 5.74) is 0. The van der Waals surface area contributed by atoms with Crippen LogP contribution in [-0.2, 0) is 0 Å². The van der Waals surface area contributed by atoms with Gasteiger partial charge in [-0.25, -0.2) is 0 Å². The van der Waals surface area contributed by atoms with E-state index in [4.69, 9.17) is 0 Å². The maximum absolute atomic E-state index is 15.0. The van der Waals surface area contributed by atoms with E-state index in [1.165, 1.54) is 0 Å². The summed E-state index contributed by atoms with van der Waals surface area (Å²) in [7, 11) is -9.60. The number of halogens is 18. The molecule has 0 atom stereocenters. The van der Waals surface area contributed by atoms with Crippen molar-refractivity contribution in [1.82, 2.24) is 4.91 Å². The van der Waals surface area contributed by atoms with Crippen LogP contribution in [0.3, 0.4) is 0 Å². The van der Waals surface area contributed by atoms with E-state index in [0.29, 0.717) is 0 Å². The first-order valence-electron chi connectivity index (χ1n) is 14.2. The molecule has 0 N–H and O–H groups in total. The van der Waals surface area contributed by atoms with Gasteiger partial charge in [0, 0.05) is 0 Å². The number of hydrogen-bond acceptors (Lipinski definition) is 2. The third kappa shape index (κ3) is 8.58. The molecule has 0 aromatic rings. The molecule has 0 aliphatic rings. The summed E-state index contributed by atoms with van der Waals surface area (Å²) >= 11 is -2.20. The Morgan fingerprint density at radius 2 is 0.646 bits per heavy atom. The van der Waals surface area contributed by atoms with Crippen molar-refractivity contribution in [3.8, 4) is 0 Å². The van der Waals surface area contributed by atoms with Crippen LogP contribution < -0.4 is 0 Å². The molecule has 0 aliphatic heterocycles. The zero-order chi connectivity index (χ0) is 39.8. The Hall–Kier alpha value is 1.13. The molecule has 2 nitrogen and oxygen atoms in total. The predicted molar refractivity (Wildman–Crippen MR) is 172 cm³/mol. The summed E-state index contributed by atoms with van der Waals surface area (Å²) < 4.78 is 239. The zero-order valence-electron chi connectivity index (χ0n) is 28.3. The normalized spacial score (nSPS) is 16.8. The third-order valence-corrected chi connectivity index (χ3v) is 82.5. The Labute approximate surface area is 288 Å². The number of hydrogen-bond donors (Lipinski definition) is 0. The Bertz CT molecular complexity index is 1070. The van der Waals surface area contributed by atoms with Gasteiger partial charge in [-0.2, -0.15) is 0 Å². The van der Waals surface area contributed by atoms with E-state index in [0.717, 1.165) is 0 Å². The Kier molecular flexibility index (Phi) is 14.1. The molecule has 0 unspecified atom stereocenters. The van der Waals surface area contributed by atoms with E-state index in [-0.39, 0.29) is 4.44 Å². The minimum absolute atomic E-state index is 0.280. The predicted octanol–water partition coefficient (Wildman–Crippen LogP) is 12.1. The molecule has 290 valence electrons. The molecule has 0 bridgehead atoms. The van der Waals surface area contributed by atoms with Crippen LogP contribution in [0.25, 0.3) is 0 Å². The van der Waals surface area contributed by atoms with Crippen LogP contribution in [0.2, 0.25) is 83.0 Å². The van der Waals surface area contributed by atoms with Gasteiger partial charge in [-0.3, -0.25) is 0 Å². The molecule has 0 aromatic heterocycles. The molecular weight excluding hydrogens is 985 g/mol. The molecule has 48 heavy (non-hydrogen) atoms. The molecule has 0 fully saturated rings. The molecular formula is C23H42F17IN2Si4Sn. The fourth-order valence-corrected chi connectivity index (χ4v) is 135. The second-order valence-corrected chi connectivity index (χ2v) is 60.4. The Morgan fingerprint density at radius 1 is 0.417 bits per heavy atom. The average molecular weight is 1030 g/mol. The summed E-state index contributed by atoms with van der Waals surface area (Å²) in [6.45, 7) is 23.6. The van der Waals surface area contributed by atoms with Crippen molar-refractivity contribution < 1.29 is 74.6 Å². The molecule has 0 radical (unpaired) electrons.